The minimum atomic E-state index is 0.444. The Morgan fingerprint density at radius 1 is 1.50 bits per heavy atom. The van der Waals surface area contributed by atoms with Gasteiger partial charge in [0, 0.05) is 23.6 Å². The van der Waals surface area contributed by atoms with Crippen LogP contribution in [0.1, 0.15) is 0 Å². The average Bonchev–Trinajstić information content (AvgIpc) is 0.811. The normalized spacial score (nSPS) is 9.00. The molecule has 0 atom stereocenters. The van der Waals surface area contributed by atoms with Crippen LogP contribution in [-0.2, 0) is 0 Å². The second-order valence-corrected chi connectivity index (χ2v) is 1.16. The molecule has 0 unspecified atom stereocenters. The average molecular weight is 101 g/mol. The van der Waals surface area contributed by atoms with Crippen LogP contribution in [0.3, 0.4) is 0 Å². The fraction of sp³-hybridized carbons (Fsp3) is 0. The quantitative estimate of drug-likeness (QED) is 0.273. The van der Waals surface area contributed by atoms with Gasteiger partial charge in [-0.3, -0.25) is 0 Å². The lowest BCUT2D eigenvalue weighted by atomic mass is 13.0. The number of hydrogen-bond donors (Lipinski definition) is 1. The van der Waals surface area contributed by atoms with E-state index in [1.165, 1.54) is 0 Å². The number of hydrogen-bond acceptors (Lipinski definition) is 2. The fourth-order valence-electron chi connectivity index (χ4n) is 0. The molecule has 0 rings (SSSR count). The maximum atomic E-state index is 4.65. The monoisotopic (exact) mass is 100.0 g/mol. The molecule has 0 heterocycles. The third kappa shape index (κ3) is 22.5. The molecule has 4 heteroatoms. The Hall–Kier alpha value is 0.500. The summed E-state index contributed by atoms with van der Waals surface area (Å²) in [7, 11) is 0. The summed E-state index contributed by atoms with van der Waals surface area (Å²) in [6, 6.07) is 0. The lowest BCUT2D eigenvalue weighted by Crippen LogP contribution is -2.04. The van der Waals surface area contributed by atoms with E-state index >= 15 is 0 Å². The lowest BCUT2D eigenvalue weighted by Gasteiger charge is -1.80. The van der Waals surface area contributed by atoms with Crippen LogP contribution in [0.15, 0.2) is 0 Å². The van der Waals surface area contributed by atoms with E-state index in [-0.39, 0.29) is 0 Å². The molecule has 0 saturated carbocycles. The van der Waals surface area contributed by atoms with E-state index in [4.69, 9.17) is 0 Å². The molecule has 0 amide bonds. The molecule has 0 aliphatic heterocycles. The van der Waals surface area contributed by atoms with E-state index in [9.17, 15) is 0 Å². The van der Waals surface area contributed by atoms with Crippen molar-refractivity contribution in [3.8, 4) is 0 Å². The smallest absolute Gasteiger partial charge is 0.0121 e. The third-order valence-electron chi connectivity index (χ3n) is 0. The molecule has 26 valence electrons. The van der Waals surface area contributed by atoms with Crippen LogP contribution in [0.25, 0.3) is 0 Å². The van der Waals surface area contributed by atoms with Crippen LogP contribution >= 0.6 is 23.6 Å². The maximum absolute atomic E-state index is 4.65. The predicted octanol–water partition coefficient (Wildman–Crippen LogP) is 0.470. The Labute approximate surface area is 34.3 Å². The molecule has 2 nitrogen and oxygen atoms in total. The molecule has 4 heavy (non-hydrogen) atoms. The highest BCUT2D eigenvalue weighted by molar-refractivity contribution is 6.33. The van der Waals surface area contributed by atoms with Crippen molar-refractivity contribution in [2.75, 3.05) is 0 Å². The number of rotatable bonds is 0. The Bertz CT molecular complexity index is 8.75. The van der Waals surface area contributed by atoms with Gasteiger partial charge in [0.2, 0.25) is 0 Å². The second kappa shape index (κ2) is 1.79. The van der Waals surface area contributed by atoms with Crippen molar-refractivity contribution in [3.63, 3.8) is 0 Å². The summed E-state index contributed by atoms with van der Waals surface area (Å²) in [6.45, 7) is 0. The molecule has 0 fully saturated rings. The Balaban J connectivity index is 2.32. The summed E-state index contributed by atoms with van der Waals surface area (Å²) in [4.78, 5) is 0. The SMILES string of the molecule is NN(Cl)Cl. The molecule has 0 aliphatic carbocycles. The van der Waals surface area contributed by atoms with Gasteiger partial charge in [-0.05, 0) is 0 Å². The molecular weight excluding hydrogens is 98.9 g/mol. The van der Waals surface area contributed by atoms with Crippen LogP contribution in [-0.4, -0.2) is 4.05 Å². The highest BCUT2D eigenvalue weighted by Crippen LogP contribution is 1.81. The number of nitrogens with zero attached hydrogens (tertiary/aromatic N) is 1. The van der Waals surface area contributed by atoms with Gasteiger partial charge in [-0.15, -0.1) is 0 Å². The molecule has 0 radical (unpaired) electrons. The topological polar surface area (TPSA) is 29.3 Å². The largest absolute Gasteiger partial charge is 0.239 e. The molecule has 0 saturated heterocycles. The summed E-state index contributed by atoms with van der Waals surface area (Å²) in [5.41, 5.74) is 0. The summed E-state index contributed by atoms with van der Waals surface area (Å²) < 4.78 is 0.444. The lowest BCUT2D eigenvalue weighted by molar-refractivity contribution is 0.774. The highest BCUT2D eigenvalue weighted by atomic mass is 35.5. The Kier molecular flexibility index (Phi) is 2.01. The number of hydrazine groups is 1. The van der Waals surface area contributed by atoms with Gasteiger partial charge in [0.1, 0.15) is 0 Å². The van der Waals surface area contributed by atoms with Crippen molar-refractivity contribution >= 4 is 23.6 Å². The van der Waals surface area contributed by atoms with Crippen LogP contribution in [0.5, 0.6) is 0 Å². The minimum Gasteiger partial charge on any atom is -0.239 e. The third-order valence-corrected chi connectivity index (χ3v) is 0. The predicted molar refractivity (Wildman–Crippen MR) is 17.7 cm³/mol. The van der Waals surface area contributed by atoms with Gasteiger partial charge in [-0.2, -0.15) is 0 Å². The minimum absolute atomic E-state index is 0.444. The van der Waals surface area contributed by atoms with E-state index in [2.05, 4.69) is 29.4 Å². The molecule has 2 N–H and O–H groups in total. The van der Waals surface area contributed by atoms with Crippen molar-refractivity contribution in [2.24, 2.45) is 5.84 Å². The second-order valence-electron chi connectivity index (χ2n) is 0.259. The summed E-state index contributed by atoms with van der Waals surface area (Å²) >= 11 is 9.30. The van der Waals surface area contributed by atoms with Crippen molar-refractivity contribution in [2.45, 2.75) is 0 Å². The van der Waals surface area contributed by atoms with Crippen LogP contribution in [0, 0.1) is 0 Å². The first-order valence-electron chi connectivity index (χ1n) is 0.596. The summed E-state index contributed by atoms with van der Waals surface area (Å²) in [5.74, 6) is 4.48. The molecule has 0 aromatic rings. The standard InChI is InChI=1S/Cl2H2N2/c1-4(2)3/h3H2. The van der Waals surface area contributed by atoms with E-state index in [1.54, 1.807) is 0 Å². The fourth-order valence-corrected chi connectivity index (χ4v) is 0. The van der Waals surface area contributed by atoms with E-state index < -0.39 is 0 Å². The van der Waals surface area contributed by atoms with Gasteiger partial charge in [0.05, 0.1) is 0 Å². The molecular formula is H2Cl2N2. The Morgan fingerprint density at radius 3 is 1.50 bits per heavy atom. The van der Waals surface area contributed by atoms with Gasteiger partial charge in [0.25, 0.3) is 0 Å². The van der Waals surface area contributed by atoms with E-state index in [1.807, 2.05) is 0 Å². The Morgan fingerprint density at radius 2 is 1.50 bits per heavy atom. The molecule has 0 bridgehead atoms. The molecule has 0 aliphatic rings. The first-order chi connectivity index (χ1) is 1.73. The summed E-state index contributed by atoms with van der Waals surface area (Å²) in [6.07, 6.45) is 0. The zero-order valence-electron chi connectivity index (χ0n) is 1.78. The van der Waals surface area contributed by atoms with Crippen LogP contribution in [0.4, 0.5) is 0 Å². The summed E-state index contributed by atoms with van der Waals surface area (Å²) in [5, 5.41) is 0. The van der Waals surface area contributed by atoms with Crippen LogP contribution in [0.2, 0.25) is 0 Å². The van der Waals surface area contributed by atoms with Gasteiger partial charge in [-0.25, -0.2) is 5.84 Å². The molecule has 0 aromatic carbocycles. The zero-order chi connectivity index (χ0) is 3.58. The zero-order valence-corrected chi connectivity index (χ0v) is 3.29. The van der Waals surface area contributed by atoms with Gasteiger partial charge in [-0.1, -0.05) is 4.05 Å². The van der Waals surface area contributed by atoms with Crippen LogP contribution < -0.4 is 5.84 Å². The molecule has 0 aromatic heterocycles. The van der Waals surface area contributed by atoms with Gasteiger partial charge in [0.15, 0.2) is 0 Å². The molecule has 0 spiro atoms. The van der Waals surface area contributed by atoms with Crippen molar-refractivity contribution in [3.05, 3.63) is 0 Å². The van der Waals surface area contributed by atoms with Gasteiger partial charge < -0.3 is 0 Å². The van der Waals surface area contributed by atoms with Crippen molar-refractivity contribution < 1.29 is 0 Å². The first kappa shape index (κ1) is 4.50. The van der Waals surface area contributed by atoms with Gasteiger partial charge >= 0.3 is 0 Å². The van der Waals surface area contributed by atoms with E-state index in [0.717, 1.165) is 0 Å². The highest BCUT2D eigenvalue weighted by Gasteiger charge is 1.67. The first-order valence-corrected chi connectivity index (χ1v) is 1.27. The van der Waals surface area contributed by atoms with E-state index in [0.29, 0.717) is 4.05 Å². The number of nitrogens with two attached hydrogens (primary N) is 1. The van der Waals surface area contributed by atoms with Crippen molar-refractivity contribution in [1.29, 1.82) is 0 Å². The maximum Gasteiger partial charge on any atom is 0.0121 e. The number of halogens is 2. The van der Waals surface area contributed by atoms with Crippen molar-refractivity contribution in [1.82, 2.24) is 4.05 Å².